The van der Waals surface area contributed by atoms with Crippen LogP contribution in [0.4, 0.5) is 0 Å². The van der Waals surface area contributed by atoms with Gasteiger partial charge in [-0.15, -0.1) is 0 Å². The molecule has 172 valence electrons. The van der Waals surface area contributed by atoms with Crippen LogP contribution in [-0.4, -0.2) is 19.1 Å². The summed E-state index contributed by atoms with van der Waals surface area (Å²) in [7, 11) is -3.76. The van der Waals surface area contributed by atoms with E-state index in [1.165, 1.54) is 12.1 Å². The predicted octanol–water partition coefficient (Wildman–Crippen LogP) is 5.03. The maximum atomic E-state index is 12.9. The highest BCUT2D eigenvalue weighted by Crippen LogP contribution is 2.24. The van der Waals surface area contributed by atoms with Crippen molar-refractivity contribution in [3.05, 3.63) is 92.5 Å². The van der Waals surface area contributed by atoms with Gasteiger partial charge in [0.05, 0.1) is 27.8 Å². The van der Waals surface area contributed by atoms with Gasteiger partial charge < -0.3 is 4.74 Å². The van der Waals surface area contributed by atoms with Gasteiger partial charge in [-0.05, 0) is 61.4 Å². The molecule has 1 heterocycles. The lowest BCUT2D eigenvalue weighted by Crippen LogP contribution is -2.23. The highest BCUT2D eigenvalue weighted by atomic mass is 35.5. The summed E-state index contributed by atoms with van der Waals surface area (Å²) in [5.74, 6) is 0.735. The molecule has 0 aliphatic rings. The number of fused-ring (bicyclic) bond motifs is 1. The molecule has 0 bridgehead atoms. The molecule has 33 heavy (non-hydrogen) atoms. The number of aromatic nitrogens is 1. The number of nitrogens with zero attached hydrogens (tertiary/aromatic N) is 1. The van der Waals surface area contributed by atoms with Crippen LogP contribution in [0.15, 0.2) is 76.4 Å². The molecule has 0 spiro atoms. The maximum absolute atomic E-state index is 12.9. The molecule has 0 unspecified atom stereocenters. The molecular weight excluding hydrogens is 480 g/mol. The third-order valence-corrected chi connectivity index (χ3v) is 7.71. The Balaban J connectivity index is 1.53. The van der Waals surface area contributed by atoms with Gasteiger partial charge >= 0.3 is 4.87 Å². The summed E-state index contributed by atoms with van der Waals surface area (Å²) in [4.78, 5) is 12.5. The molecule has 1 N–H and O–H groups in total. The molecule has 4 aromatic rings. The molecule has 0 amide bonds. The van der Waals surface area contributed by atoms with Crippen molar-refractivity contribution >= 4 is 43.2 Å². The van der Waals surface area contributed by atoms with E-state index >= 15 is 0 Å². The van der Waals surface area contributed by atoms with Gasteiger partial charge in [0.15, 0.2) is 0 Å². The van der Waals surface area contributed by atoms with E-state index in [1.807, 2.05) is 56.3 Å². The normalized spacial score (nSPS) is 11.9. The van der Waals surface area contributed by atoms with E-state index in [0.717, 1.165) is 28.2 Å². The Bertz CT molecular complexity index is 1440. The summed E-state index contributed by atoms with van der Waals surface area (Å²) < 4.78 is 36.1. The van der Waals surface area contributed by atoms with Crippen LogP contribution in [0.1, 0.15) is 25.0 Å². The number of sulfonamides is 1. The molecule has 0 atom stereocenters. The molecule has 0 saturated heterocycles. The van der Waals surface area contributed by atoms with Crippen LogP contribution in [0.2, 0.25) is 5.02 Å². The van der Waals surface area contributed by atoms with Crippen LogP contribution >= 0.6 is 22.9 Å². The Labute approximate surface area is 201 Å². The summed E-state index contributed by atoms with van der Waals surface area (Å²) in [6.07, 6.45) is 0.0690. The Hall–Kier alpha value is -2.65. The zero-order chi connectivity index (χ0) is 23.6. The van der Waals surface area contributed by atoms with Gasteiger partial charge in [0.1, 0.15) is 5.75 Å². The first-order valence-corrected chi connectivity index (χ1v) is 13.0. The van der Waals surface area contributed by atoms with Crippen molar-refractivity contribution in [1.29, 1.82) is 0 Å². The number of rotatable bonds is 8. The van der Waals surface area contributed by atoms with Crippen LogP contribution in [0, 0.1) is 0 Å². The zero-order valence-corrected chi connectivity index (χ0v) is 20.5. The minimum atomic E-state index is -3.76. The highest BCUT2D eigenvalue weighted by Gasteiger charge is 2.17. The van der Waals surface area contributed by atoms with Gasteiger partial charge in [0.2, 0.25) is 10.0 Å². The van der Waals surface area contributed by atoms with Crippen molar-refractivity contribution in [3.63, 3.8) is 0 Å². The van der Waals surface area contributed by atoms with E-state index in [9.17, 15) is 13.2 Å². The minimum Gasteiger partial charge on any atom is -0.491 e. The third kappa shape index (κ3) is 5.47. The fraction of sp³-hybridized carbons (Fsp3) is 0.208. The van der Waals surface area contributed by atoms with E-state index in [-0.39, 0.29) is 22.4 Å². The number of hydrogen-bond acceptors (Lipinski definition) is 5. The van der Waals surface area contributed by atoms with Crippen molar-refractivity contribution in [1.82, 2.24) is 9.29 Å². The van der Waals surface area contributed by atoms with E-state index in [1.54, 1.807) is 16.7 Å². The van der Waals surface area contributed by atoms with Crippen LogP contribution in [0.25, 0.3) is 10.2 Å². The van der Waals surface area contributed by atoms with E-state index < -0.39 is 10.0 Å². The smallest absolute Gasteiger partial charge is 0.308 e. The average molecular weight is 503 g/mol. The quantitative estimate of drug-likeness (QED) is 0.366. The molecule has 0 saturated carbocycles. The summed E-state index contributed by atoms with van der Waals surface area (Å²) in [5.41, 5.74) is 2.31. The highest BCUT2D eigenvalue weighted by molar-refractivity contribution is 7.89. The Morgan fingerprint density at radius 3 is 2.48 bits per heavy atom. The topological polar surface area (TPSA) is 77.4 Å². The van der Waals surface area contributed by atoms with Crippen LogP contribution in [-0.2, 0) is 23.1 Å². The van der Waals surface area contributed by atoms with Gasteiger partial charge in [-0.2, -0.15) is 0 Å². The lowest BCUT2D eigenvalue weighted by atomic mass is 10.2. The van der Waals surface area contributed by atoms with Gasteiger partial charge in [0.25, 0.3) is 0 Å². The van der Waals surface area contributed by atoms with Crippen LogP contribution in [0.3, 0.4) is 0 Å². The number of nitrogens with one attached hydrogen (secondary N) is 1. The average Bonchev–Trinajstić information content (AvgIpc) is 3.09. The lowest BCUT2D eigenvalue weighted by molar-refractivity contribution is 0.242. The van der Waals surface area contributed by atoms with Gasteiger partial charge in [0, 0.05) is 11.6 Å². The molecule has 0 aliphatic heterocycles. The molecule has 4 rings (SSSR count). The Kier molecular flexibility index (Phi) is 6.90. The number of thiazole rings is 1. The second-order valence-electron chi connectivity index (χ2n) is 7.81. The molecule has 3 aromatic carbocycles. The molecule has 9 heteroatoms. The van der Waals surface area contributed by atoms with E-state index in [4.69, 9.17) is 16.3 Å². The number of halogens is 1. The fourth-order valence-electron chi connectivity index (χ4n) is 3.38. The summed E-state index contributed by atoms with van der Waals surface area (Å²) >= 11 is 7.25. The first kappa shape index (κ1) is 23.5. The van der Waals surface area contributed by atoms with Gasteiger partial charge in [-0.1, -0.05) is 53.3 Å². The van der Waals surface area contributed by atoms with Crippen molar-refractivity contribution < 1.29 is 13.2 Å². The fourth-order valence-corrected chi connectivity index (χ4v) is 5.62. The molecule has 6 nitrogen and oxygen atoms in total. The van der Waals surface area contributed by atoms with Crippen molar-refractivity contribution in [3.8, 4) is 5.75 Å². The second kappa shape index (κ2) is 9.69. The van der Waals surface area contributed by atoms with Crippen molar-refractivity contribution in [2.24, 2.45) is 0 Å². The lowest BCUT2D eigenvalue weighted by Gasteiger charge is -2.11. The Morgan fingerprint density at radius 2 is 1.79 bits per heavy atom. The van der Waals surface area contributed by atoms with E-state index in [2.05, 4.69) is 4.72 Å². The summed E-state index contributed by atoms with van der Waals surface area (Å²) in [5, 5.41) is 0.580. The monoisotopic (exact) mass is 502 g/mol. The first-order chi connectivity index (χ1) is 15.7. The molecule has 0 radical (unpaired) electrons. The van der Waals surface area contributed by atoms with Crippen LogP contribution in [0.5, 0.6) is 5.75 Å². The maximum Gasteiger partial charge on any atom is 0.308 e. The number of ether oxygens (including phenoxy) is 1. The predicted molar refractivity (Wildman–Crippen MR) is 133 cm³/mol. The largest absolute Gasteiger partial charge is 0.491 e. The molecule has 1 aromatic heterocycles. The zero-order valence-electron chi connectivity index (χ0n) is 18.1. The first-order valence-electron chi connectivity index (χ1n) is 10.3. The van der Waals surface area contributed by atoms with Gasteiger partial charge in [-0.3, -0.25) is 9.36 Å². The van der Waals surface area contributed by atoms with Crippen molar-refractivity contribution in [2.45, 2.75) is 37.9 Å². The molecular formula is C24H23ClN2O4S2. The van der Waals surface area contributed by atoms with Crippen molar-refractivity contribution in [2.75, 3.05) is 0 Å². The summed E-state index contributed by atoms with van der Waals surface area (Å²) in [6, 6.07) is 19.3. The molecule has 0 aliphatic carbocycles. The summed E-state index contributed by atoms with van der Waals surface area (Å²) in [6.45, 7) is 4.35. The second-order valence-corrected chi connectivity index (χ2v) is 11.0. The minimum absolute atomic E-state index is 0.0690. The standard InChI is InChI=1S/C24H23ClN2O4S2/c1-16(2)31-19-9-7-17(8-10-19)14-26-33(29,30)20-11-12-22-23(13-20)32-24(28)27(22)15-18-5-3-4-6-21(18)25/h3-13,16,26H,14-15H2,1-2H3. The number of benzene rings is 3. The van der Waals surface area contributed by atoms with E-state index in [0.29, 0.717) is 21.8 Å². The molecule has 0 fully saturated rings. The van der Waals surface area contributed by atoms with Crippen LogP contribution < -0.4 is 14.3 Å². The SMILES string of the molecule is CC(C)Oc1ccc(CNS(=O)(=O)c2ccc3c(c2)sc(=O)n3Cc2ccccc2Cl)cc1. The third-order valence-electron chi connectivity index (χ3n) is 5.00. The number of hydrogen-bond donors (Lipinski definition) is 1. The Morgan fingerprint density at radius 1 is 1.06 bits per heavy atom. The van der Waals surface area contributed by atoms with Gasteiger partial charge in [-0.25, -0.2) is 13.1 Å².